The zero-order valence-corrected chi connectivity index (χ0v) is 19.4. The van der Waals surface area contributed by atoms with Gasteiger partial charge in [-0.1, -0.05) is 54.6 Å². The van der Waals surface area contributed by atoms with Crippen LogP contribution in [0.2, 0.25) is 0 Å². The smallest absolute Gasteiger partial charge is 0.264 e. The number of anilines is 1. The van der Waals surface area contributed by atoms with Crippen molar-refractivity contribution in [2.45, 2.75) is 43.4 Å². The summed E-state index contributed by atoms with van der Waals surface area (Å²) in [5.74, 6) is 0.0932. The average molecular weight is 466 g/mol. The molecule has 2 aliphatic heterocycles. The summed E-state index contributed by atoms with van der Waals surface area (Å²) in [7, 11) is 0. The molecule has 3 aromatic carbocycles. The van der Waals surface area contributed by atoms with E-state index in [2.05, 4.69) is 46.3 Å². The summed E-state index contributed by atoms with van der Waals surface area (Å²) in [4.78, 5) is 22.3. The second-order valence-electron chi connectivity index (χ2n) is 10.0. The summed E-state index contributed by atoms with van der Waals surface area (Å²) >= 11 is 0. The number of rotatable bonds is 4. The highest BCUT2D eigenvalue weighted by atomic mass is 16.3. The number of nitrogens with zero attached hydrogens (tertiary/aromatic N) is 3. The summed E-state index contributed by atoms with van der Waals surface area (Å²) in [6, 6.07) is 21.3. The first-order valence-corrected chi connectivity index (χ1v) is 12.4. The number of para-hydroxylation sites is 1. The van der Waals surface area contributed by atoms with Gasteiger partial charge in [0.2, 0.25) is 0 Å². The quantitative estimate of drug-likeness (QED) is 0.485. The van der Waals surface area contributed by atoms with E-state index >= 15 is 0 Å². The van der Waals surface area contributed by atoms with Gasteiger partial charge in [0.05, 0.1) is 18.3 Å². The van der Waals surface area contributed by atoms with E-state index in [1.54, 1.807) is 6.20 Å². The van der Waals surface area contributed by atoms with Crippen molar-refractivity contribution in [1.82, 2.24) is 9.88 Å². The molecule has 3 heterocycles. The molecule has 4 aromatic rings. The van der Waals surface area contributed by atoms with Gasteiger partial charge in [0.1, 0.15) is 6.26 Å². The SMILES string of the molecule is O=C1N(C2CCN(C3Cc4cccc5cccc3c45)CC2)c2ccccc2C1(O)Cc1ncco1. The lowest BCUT2D eigenvalue weighted by molar-refractivity contribution is -0.137. The van der Waals surface area contributed by atoms with Crippen molar-refractivity contribution in [3.63, 3.8) is 0 Å². The molecule has 2 unspecified atom stereocenters. The molecule has 1 amide bonds. The molecule has 6 nitrogen and oxygen atoms in total. The largest absolute Gasteiger partial charge is 0.449 e. The van der Waals surface area contributed by atoms with Crippen LogP contribution in [-0.2, 0) is 23.2 Å². The molecule has 1 saturated heterocycles. The molecule has 1 aromatic heterocycles. The van der Waals surface area contributed by atoms with Crippen LogP contribution >= 0.6 is 0 Å². The van der Waals surface area contributed by atoms with Gasteiger partial charge >= 0.3 is 0 Å². The van der Waals surface area contributed by atoms with Gasteiger partial charge in [0.15, 0.2) is 11.5 Å². The molecule has 0 radical (unpaired) electrons. The summed E-state index contributed by atoms with van der Waals surface area (Å²) in [6.07, 6.45) is 5.84. The highest BCUT2D eigenvalue weighted by molar-refractivity contribution is 6.07. The first-order chi connectivity index (χ1) is 17.1. The number of hydrogen-bond donors (Lipinski definition) is 1. The van der Waals surface area contributed by atoms with Crippen LogP contribution in [0.4, 0.5) is 5.69 Å². The topological polar surface area (TPSA) is 69.8 Å². The van der Waals surface area contributed by atoms with E-state index in [9.17, 15) is 9.90 Å². The Labute approximate surface area is 203 Å². The molecule has 3 aliphatic rings. The minimum atomic E-state index is -1.65. The van der Waals surface area contributed by atoms with Gasteiger partial charge in [-0.2, -0.15) is 0 Å². The average Bonchev–Trinajstić information content (AvgIpc) is 3.58. The van der Waals surface area contributed by atoms with Gasteiger partial charge < -0.3 is 14.4 Å². The van der Waals surface area contributed by atoms with Gasteiger partial charge in [-0.25, -0.2) is 4.98 Å². The maximum absolute atomic E-state index is 13.7. The van der Waals surface area contributed by atoms with Crippen molar-refractivity contribution < 1.29 is 14.3 Å². The molecular weight excluding hydrogens is 438 g/mol. The van der Waals surface area contributed by atoms with E-state index in [1.165, 1.54) is 28.2 Å². The van der Waals surface area contributed by atoms with Crippen LogP contribution in [0.1, 0.15) is 41.5 Å². The molecule has 0 bridgehead atoms. The van der Waals surface area contributed by atoms with Gasteiger partial charge in [0, 0.05) is 30.7 Å². The summed E-state index contributed by atoms with van der Waals surface area (Å²) in [6.45, 7) is 1.84. The van der Waals surface area contributed by atoms with Crippen molar-refractivity contribution in [1.29, 1.82) is 0 Å². The Balaban J connectivity index is 1.13. The summed E-state index contributed by atoms with van der Waals surface area (Å²) < 4.78 is 5.38. The van der Waals surface area contributed by atoms with Crippen LogP contribution < -0.4 is 4.90 Å². The second-order valence-corrected chi connectivity index (χ2v) is 10.0. The number of likely N-dealkylation sites (tertiary alicyclic amines) is 1. The highest BCUT2D eigenvalue weighted by Gasteiger charge is 2.52. The van der Waals surface area contributed by atoms with Gasteiger partial charge in [-0.3, -0.25) is 9.69 Å². The molecular formula is C29H27N3O3. The Hall–Kier alpha value is -3.48. The monoisotopic (exact) mass is 465 g/mol. The lowest BCUT2D eigenvalue weighted by atomic mass is 9.92. The summed E-state index contributed by atoms with van der Waals surface area (Å²) in [5, 5.41) is 14.3. The van der Waals surface area contributed by atoms with Crippen molar-refractivity contribution in [3.05, 3.63) is 95.7 Å². The molecule has 6 heteroatoms. The minimum Gasteiger partial charge on any atom is -0.449 e. The van der Waals surface area contributed by atoms with Crippen molar-refractivity contribution >= 4 is 22.4 Å². The van der Waals surface area contributed by atoms with Crippen LogP contribution in [0.15, 0.2) is 77.5 Å². The fraction of sp³-hybridized carbons (Fsp3) is 0.310. The van der Waals surface area contributed by atoms with Crippen molar-refractivity contribution in [2.24, 2.45) is 0 Å². The number of aliphatic hydroxyl groups is 1. The van der Waals surface area contributed by atoms with E-state index in [0.29, 0.717) is 17.5 Å². The number of carbonyl (C=O) groups excluding carboxylic acids is 1. The Kier molecular flexibility index (Phi) is 4.63. The van der Waals surface area contributed by atoms with Gasteiger partial charge in [-0.15, -0.1) is 0 Å². The van der Waals surface area contributed by atoms with E-state index in [0.717, 1.165) is 38.0 Å². The van der Waals surface area contributed by atoms with Crippen LogP contribution in [0.5, 0.6) is 0 Å². The zero-order chi connectivity index (χ0) is 23.6. The normalized spacial score (nSPS) is 24.4. The number of piperidine rings is 1. The predicted octanol–water partition coefficient (Wildman–Crippen LogP) is 4.37. The third kappa shape index (κ3) is 3.10. The van der Waals surface area contributed by atoms with Crippen LogP contribution in [-0.4, -0.2) is 40.0 Å². The predicted molar refractivity (Wildman–Crippen MR) is 133 cm³/mol. The number of fused-ring (bicyclic) bond motifs is 1. The molecule has 1 fully saturated rings. The lowest BCUT2D eigenvalue weighted by Crippen LogP contribution is -2.50. The van der Waals surface area contributed by atoms with E-state index in [1.807, 2.05) is 29.2 Å². The van der Waals surface area contributed by atoms with E-state index in [4.69, 9.17) is 4.42 Å². The third-order valence-electron chi connectivity index (χ3n) is 8.17. The number of amides is 1. The van der Waals surface area contributed by atoms with Crippen molar-refractivity contribution in [3.8, 4) is 0 Å². The Morgan fingerprint density at radius 1 is 1.03 bits per heavy atom. The Morgan fingerprint density at radius 2 is 1.83 bits per heavy atom. The molecule has 176 valence electrons. The number of carbonyl (C=O) groups is 1. The minimum absolute atomic E-state index is 0.0372. The molecule has 1 N–H and O–H groups in total. The standard InChI is InChI=1S/C29H27N3O3/c33-28-29(34,18-26-30-13-16-35-26)23-9-1-2-10-24(23)32(28)21-11-14-31(15-12-21)25-17-20-7-3-5-19-6-4-8-22(25)27(19)20/h1-10,13,16,21,25,34H,11-12,14-15,17-18H2. The van der Waals surface area contributed by atoms with Gasteiger partial charge in [-0.05, 0) is 47.2 Å². The third-order valence-corrected chi connectivity index (χ3v) is 8.17. The van der Waals surface area contributed by atoms with Crippen LogP contribution in [0, 0.1) is 0 Å². The molecule has 0 saturated carbocycles. The Bertz CT molecular complexity index is 1420. The maximum atomic E-state index is 13.7. The molecule has 7 rings (SSSR count). The molecule has 1 aliphatic carbocycles. The number of benzene rings is 3. The fourth-order valence-corrected chi connectivity index (χ4v) is 6.55. The Morgan fingerprint density at radius 3 is 2.63 bits per heavy atom. The molecule has 35 heavy (non-hydrogen) atoms. The van der Waals surface area contributed by atoms with E-state index in [-0.39, 0.29) is 18.4 Å². The van der Waals surface area contributed by atoms with Crippen LogP contribution in [0.3, 0.4) is 0 Å². The molecule has 0 spiro atoms. The summed E-state index contributed by atoms with van der Waals surface area (Å²) in [5.41, 5.74) is 2.66. The number of aromatic nitrogens is 1. The lowest BCUT2D eigenvalue weighted by Gasteiger charge is -2.40. The first-order valence-electron chi connectivity index (χ1n) is 12.4. The maximum Gasteiger partial charge on any atom is 0.264 e. The van der Waals surface area contributed by atoms with Crippen LogP contribution in [0.25, 0.3) is 10.8 Å². The number of oxazole rings is 1. The molecule has 2 atom stereocenters. The second kappa shape index (κ2) is 7.77. The highest BCUT2D eigenvalue weighted by Crippen LogP contribution is 2.46. The first kappa shape index (κ1) is 20.9. The van der Waals surface area contributed by atoms with E-state index < -0.39 is 5.60 Å². The zero-order valence-electron chi connectivity index (χ0n) is 19.4. The van der Waals surface area contributed by atoms with Gasteiger partial charge in [0.25, 0.3) is 5.91 Å². The number of hydrogen-bond acceptors (Lipinski definition) is 5. The fourth-order valence-electron chi connectivity index (χ4n) is 6.55. The van der Waals surface area contributed by atoms with Crippen molar-refractivity contribution in [2.75, 3.05) is 18.0 Å².